The van der Waals surface area contributed by atoms with Gasteiger partial charge in [-0.3, -0.25) is 10.2 Å². The van der Waals surface area contributed by atoms with Crippen LogP contribution >= 0.6 is 11.9 Å². The molecule has 24 heavy (non-hydrogen) atoms. The minimum Gasteiger partial charge on any atom is -0.404 e. The third-order valence-corrected chi connectivity index (χ3v) is 4.93. The number of nitrogens with zero attached hydrogens (tertiary/aromatic N) is 1. The van der Waals surface area contributed by atoms with Gasteiger partial charge in [0.25, 0.3) is 0 Å². The van der Waals surface area contributed by atoms with Gasteiger partial charge in [-0.25, -0.2) is 0 Å². The number of benzene rings is 1. The molecule has 3 rings (SSSR count). The van der Waals surface area contributed by atoms with Gasteiger partial charge >= 0.3 is 0 Å². The van der Waals surface area contributed by atoms with Gasteiger partial charge in [-0.05, 0) is 48.4 Å². The third kappa shape index (κ3) is 3.84. The molecule has 1 saturated carbocycles. The smallest absolute Gasteiger partial charge is 0.0677 e. The van der Waals surface area contributed by atoms with Crippen molar-refractivity contribution >= 4 is 33.4 Å². The molecule has 2 aromatic rings. The molecular formula is C16H24N6OS. The molecular weight excluding hydrogens is 324 g/mol. The van der Waals surface area contributed by atoms with Crippen LogP contribution in [0.3, 0.4) is 0 Å². The maximum absolute atomic E-state index is 5.78. The van der Waals surface area contributed by atoms with Gasteiger partial charge in [0, 0.05) is 41.4 Å². The molecule has 0 spiro atoms. The first-order chi connectivity index (χ1) is 11.7. The molecule has 1 aromatic carbocycles. The van der Waals surface area contributed by atoms with Crippen LogP contribution in [0.2, 0.25) is 0 Å². The number of ether oxygens (including phenoxy) is 1. The van der Waals surface area contributed by atoms with E-state index < -0.39 is 0 Å². The number of fused-ring (bicyclic) bond motifs is 1. The van der Waals surface area contributed by atoms with Gasteiger partial charge in [-0.15, -0.1) is 0 Å². The predicted octanol–water partition coefficient (Wildman–Crippen LogP) is 1.59. The number of nitrogens with two attached hydrogens (primary N) is 3. The summed E-state index contributed by atoms with van der Waals surface area (Å²) in [6.45, 7) is 2.17. The predicted molar refractivity (Wildman–Crippen MR) is 100 cm³/mol. The van der Waals surface area contributed by atoms with Gasteiger partial charge in [0.2, 0.25) is 0 Å². The number of H-pyrrole nitrogens is 1. The zero-order chi connectivity index (χ0) is 16.9. The van der Waals surface area contributed by atoms with E-state index in [1.165, 1.54) is 6.20 Å². The SMILES string of the molecule is N/C=C(\SN)c1cc(NCCOCC2CC(N)C2)c2cn[nH]c2c1. The lowest BCUT2D eigenvalue weighted by molar-refractivity contribution is 0.0679. The summed E-state index contributed by atoms with van der Waals surface area (Å²) < 4.78 is 5.72. The van der Waals surface area contributed by atoms with Crippen LogP contribution in [0.5, 0.6) is 0 Å². The van der Waals surface area contributed by atoms with Crippen LogP contribution in [0.4, 0.5) is 5.69 Å². The summed E-state index contributed by atoms with van der Waals surface area (Å²) in [5.41, 5.74) is 14.3. The molecule has 0 bridgehead atoms. The molecule has 1 aliphatic carbocycles. The number of anilines is 1. The van der Waals surface area contributed by atoms with E-state index in [2.05, 4.69) is 15.5 Å². The second-order valence-electron chi connectivity index (χ2n) is 6.10. The average molecular weight is 348 g/mol. The summed E-state index contributed by atoms with van der Waals surface area (Å²) >= 11 is 1.13. The second kappa shape index (κ2) is 7.89. The van der Waals surface area contributed by atoms with Gasteiger partial charge in [0.05, 0.1) is 18.3 Å². The fourth-order valence-electron chi connectivity index (χ4n) is 2.97. The van der Waals surface area contributed by atoms with E-state index in [9.17, 15) is 0 Å². The fraction of sp³-hybridized carbons (Fsp3) is 0.438. The van der Waals surface area contributed by atoms with Crippen molar-refractivity contribution in [3.8, 4) is 0 Å². The first-order valence-electron chi connectivity index (χ1n) is 8.04. The maximum Gasteiger partial charge on any atom is 0.0677 e. The van der Waals surface area contributed by atoms with Crippen molar-refractivity contribution < 1.29 is 4.74 Å². The molecule has 0 unspecified atom stereocenters. The molecule has 1 fully saturated rings. The zero-order valence-electron chi connectivity index (χ0n) is 13.5. The number of hydrogen-bond acceptors (Lipinski definition) is 7. The molecule has 0 amide bonds. The maximum atomic E-state index is 5.78. The minimum absolute atomic E-state index is 0.374. The van der Waals surface area contributed by atoms with Crippen LogP contribution in [0.25, 0.3) is 15.8 Å². The molecule has 0 radical (unpaired) electrons. The normalized spacial score (nSPS) is 21.0. The van der Waals surface area contributed by atoms with E-state index >= 15 is 0 Å². The second-order valence-corrected chi connectivity index (χ2v) is 6.78. The van der Waals surface area contributed by atoms with Crippen LogP contribution < -0.4 is 21.9 Å². The zero-order valence-corrected chi connectivity index (χ0v) is 14.3. The van der Waals surface area contributed by atoms with Crippen molar-refractivity contribution in [2.45, 2.75) is 18.9 Å². The Bertz CT molecular complexity index is 710. The van der Waals surface area contributed by atoms with Gasteiger partial charge in [-0.1, -0.05) is 0 Å². The molecule has 0 atom stereocenters. The molecule has 130 valence electrons. The first kappa shape index (κ1) is 17.1. The standard InChI is InChI=1S/C16H24N6OS/c17-7-16(24-19)11-5-14(13-8-21-22-15(13)6-11)20-1-2-23-9-10-3-12(18)4-10/h5-8,10,12,20H,1-4,9,17-19H2,(H,21,22)/b16-7-. The Hall–Kier alpha value is -1.74. The molecule has 8 N–H and O–H groups in total. The van der Waals surface area contributed by atoms with Crippen LogP contribution in [0.1, 0.15) is 18.4 Å². The van der Waals surface area contributed by atoms with E-state index in [1.54, 1.807) is 6.20 Å². The molecule has 1 aliphatic rings. The van der Waals surface area contributed by atoms with Gasteiger partial charge in [-0.2, -0.15) is 5.10 Å². The van der Waals surface area contributed by atoms with Gasteiger partial charge in [0.15, 0.2) is 0 Å². The Morgan fingerprint density at radius 3 is 3.00 bits per heavy atom. The first-order valence-corrected chi connectivity index (χ1v) is 8.92. The van der Waals surface area contributed by atoms with Crippen molar-refractivity contribution in [1.82, 2.24) is 10.2 Å². The molecule has 1 aromatic heterocycles. The highest BCUT2D eigenvalue weighted by atomic mass is 32.2. The molecule has 8 heteroatoms. The Balaban J connectivity index is 1.59. The quantitative estimate of drug-likeness (QED) is 0.362. The molecule has 7 nitrogen and oxygen atoms in total. The number of nitrogens with one attached hydrogen (secondary N) is 2. The molecule has 1 heterocycles. The van der Waals surface area contributed by atoms with Gasteiger partial charge in [0.1, 0.15) is 0 Å². The highest BCUT2D eigenvalue weighted by Gasteiger charge is 2.25. The van der Waals surface area contributed by atoms with Crippen molar-refractivity contribution in [3.05, 3.63) is 30.1 Å². The van der Waals surface area contributed by atoms with Crippen molar-refractivity contribution in [3.63, 3.8) is 0 Å². The average Bonchev–Trinajstić information content (AvgIpc) is 3.02. The number of hydrogen-bond donors (Lipinski definition) is 5. The molecule has 0 aliphatic heterocycles. The van der Waals surface area contributed by atoms with E-state index in [0.717, 1.165) is 65.0 Å². The largest absolute Gasteiger partial charge is 0.404 e. The number of rotatable bonds is 8. The monoisotopic (exact) mass is 348 g/mol. The summed E-state index contributed by atoms with van der Waals surface area (Å²) in [5.74, 6) is 0.628. The van der Waals surface area contributed by atoms with Crippen molar-refractivity contribution in [2.24, 2.45) is 22.5 Å². The highest BCUT2D eigenvalue weighted by molar-refractivity contribution is 8.06. The lowest BCUT2D eigenvalue weighted by Gasteiger charge is -2.32. The Kier molecular flexibility index (Phi) is 5.62. The summed E-state index contributed by atoms with van der Waals surface area (Å²) in [4.78, 5) is 0.812. The summed E-state index contributed by atoms with van der Waals surface area (Å²) in [5, 5.41) is 17.2. The van der Waals surface area contributed by atoms with Crippen LogP contribution in [-0.2, 0) is 4.74 Å². The topological polar surface area (TPSA) is 128 Å². The van der Waals surface area contributed by atoms with E-state index in [0.29, 0.717) is 18.6 Å². The Morgan fingerprint density at radius 2 is 2.29 bits per heavy atom. The number of aromatic amines is 1. The van der Waals surface area contributed by atoms with Gasteiger partial charge < -0.3 is 21.5 Å². The summed E-state index contributed by atoms with van der Waals surface area (Å²) in [7, 11) is 0. The molecule has 0 saturated heterocycles. The van der Waals surface area contributed by atoms with Crippen LogP contribution in [-0.4, -0.2) is 36.0 Å². The fourth-order valence-corrected chi connectivity index (χ4v) is 3.31. The van der Waals surface area contributed by atoms with E-state index in [4.69, 9.17) is 21.3 Å². The van der Waals surface area contributed by atoms with E-state index in [1.807, 2.05) is 12.1 Å². The van der Waals surface area contributed by atoms with Crippen LogP contribution in [0, 0.1) is 5.92 Å². The highest BCUT2D eigenvalue weighted by Crippen LogP contribution is 2.30. The number of aromatic nitrogens is 2. The Morgan fingerprint density at radius 1 is 1.46 bits per heavy atom. The minimum atomic E-state index is 0.374. The van der Waals surface area contributed by atoms with E-state index in [-0.39, 0.29) is 0 Å². The van der Waals surface area contributed by atoms with Crippen molar-refractivity contribution in [2.75, 3.05) is 25.1 Å². The summed E-state index contributed by atoms with van der Waals surface area (Å²) in [6.07, 6.45) is 5.48. The lowest BCUT2D eigenvalue weighted by atomic mass is 9.82. The third-order valence-electron chi connectivity index (χ3n) is 4.31. The summed E-state index contributed by atoms with van der Waals surface area (Å²) in [6, 6.07) is 4.39. The Labute approximate surface area is 145 Å². The lowest BCUT2D eigenvalue weighted by Crippen LogP contribution is -2.38. The van der Waals surface area contributed by atoms with Crippen LogP contribution in [0.15, 0.2) is 24.5 Å². The van der Waals surface area contributed by atoms with Crippen molar-refractivity contribution in [1.29, 1.82) is 0 Å².